The Kier molecular flexibility index (Phi) is 4.44. The van der Waals surface area contributed by atoms with Crippen molar-refractivity contribution in [3.63, 3.8) is 0 Å². The molecule has 2 aromatic carbocycles. The third-order valence-electron chi connectivity index (χ3n) is 3.23. The molecule has 0 bridgehead atoms. The third-order valence-corrected chi connectivity index (χ3v) is 4.97. The second-order valence-corrected chi connectivity index (χ2v) is 6.97. The summed E-state index contributed by atoms with van der Waals surface area (Å²) >= 11 is 5.27. The van der Waals surface area contributed by atoms with Gasteiger partial charge in [-0.2, -0.15) is 0 Å². The van der Waals surface area contributed by atoms with Crippen LogP contribution in [0.15, 0.2) is 56.7 Å². The van der Waals surface area contributed by atoms with Gasteiger partial charge in [-0.05, 0) is 54.8 Å². The van der Waals surface area contributed by atoms with Gasteiger partial charge in [0.25, 0.3) is 0 Å². The van der Waals surface area contributed by atoms with Gasteiger partial charge < -0.3 is 5.32 Å². The predicted octanol–water partition coefficient (Wildman–Crippen LogP) is 4.99. The molecule has 1 fully saturated rings. The van der Waals surface area contributed by atoms with Crippen LogP contribution in [0.25, 0.3) is 0 Å². The van der Waals surface area contributed by atoms with Crippen LogP contribution in [0.3, 0.4) is 0 Å². The Morgan fingerprint density at radius 3 is 2.45 bits per heavy atom. The standard InChI is InChI=1S/C16H15BrFNS/c17-16-9-15(20-14-7-2-12(18)3-8-14)6-1-11(16)10-19-13-4-5-13/h1-3,6-9,13,19H,4-5,10H2. The van der Waals surface area contributed by atoms with Gasteiger partial charge >= 0.3 is 0 Å². The Morgan fingerprint density at radius 1 is 1.10 bits per heavy atom. The summed E-state index contributed by atoms with van der Waals surface area (Å²) in [4.78, 5) is 2.20. The zero-order valence-corrected chi connectivity index (χ0v) is 13.3. The molecule has 0 spiro atoms. The molecule has 1 saturated carbocycles. The Bertz CT molecular complexity index is 596. The highest BCUT2D eigenvalue weighted by Crippen LogP contribution is 2.31. The van der Waals surface area contributed by atoms with Gasteiger partial charge in [0, 0.05) is 26.9 Å². The molecule has 4 heteroatoms. The van der Waals surface area contributed by atoms with Crippen molar-refractivity contribution in [1.29, 1.82) is 0 Å². The van der Waals surface area contributed by atoms with E-state index < -0.39 is 0 Å². The first kappa shape index (κ1) is 14.1. The fraction of sp³-hybridized carbons (Fsp3) is 0.250. The lowest BCUT2D eigenvalue weighted by atomic mass is 10.2. The average molecular weight is 352 g/mol. The summed E-state index contributed by atoms with van der Waals surface area (Å²) < 4.78 is 14.0. The van der Waals surface area contributed by atoms with Crippen LogP contribution < -0.4 is 5.32 Å². The molecule has 0 atom stereocenters. The van der Waals surface area contributed by atoms with Gasteiger partial charge in [-0.1, -0.05) is 33.8 Å². The SMILES string of the molecule is Fc1ccc(Sc2ccc(CNC3CC3)c(Br)c2)cc1. The lowest BCUT2D eigenvalue weighted by Crippen LogP contribution is -2.15. The van der Waals surface area contributed by atoms with Crippen molar-refractivity contribution in [3.05, 3.63) is 58.3 Å². The van der Waals surface area contributed by atoms with E-state index in [0.717, 1.165) is 26.9 Å². The Balaban J connectivity index is 1.67. The maximum atomic E-state index is 12.9. The molecule has 1 N–H and O–H groups in total. The number of rotatable bonds is 5. The summed E-state index contributed by atoms with van der Waals surface area (Å²) in [6, 6.07) is 13.7. The van der Waals surface area contributed by atoms with E-state index in [1.165, 1.54) is 30.5 Å². The summed E-state index contributed by atoms with van der Waals surface area (Å²) in [7, 11) is 0. The fourth-order valence-electron chi connectivity index (χ4n) is 1.92. The molecule has 1 aliphatic carbocycles. The van der Waals surface area contributed by atoms with E-state index >= 15 is 0 Å². The minimum atomic E-state index is -0.197. The van der Waals surface area contributed by atoms with E-state index in [1.54, 1.807) is 23.9 Å². The molecule has 1 aliphatic rings. The number of hydrogen-bond acceptors (Lipinski definition) is 2. The van der Waals surface area contributed by atoms with Crippen molar-refractivity contribution < 1.29 is 4.39 Å². The second-order valence-electron chi connectivity index (χ2n) is 4.96. The highest BCUT2D eigenvalue weighted by molar-refractivity contribution is 9.10. The zero-order chi connectivity index (χ0) is 13.9. The van der Waals surface area contributed by atoms with Crippen molar-refractivity contribution in [2.45, 2.75) is 35.2 Å². The van der Waals surface area contributed by atoms with Crippen LogP contribution >= 0.6 is 27.7 Å². The molecule has 0 heterocycles. The summed E-state index contributed by atoms with van der Waals surface area (Å²) in [6.45, 7) is 0.909. The average Bonchev–Trinajstić information content (AvgIpc) is 3.25. The van der Waals surface area contributed by atoms with E-state index in [9.17, 15) is 4.39 Å². The lowest BCUT2D eigenvalue weighted by Gasteiger charge is -2.08. The van der Waals surface area contributed by atoms with Crippen LogP contribution in [-0.2, 0) is 6.54 Å². The first-order chi connectivity index (χ1) is 9.70. The minimum Gasteiger partial charge on any atom is -0.310 e. The van der Waals surface area contributed by atoms with E-state index in [4.69, 9.17) is 0 Å². The van der Waals surface area contributed by atoms with Gasteiger partial charge in [-0.3, -0.25) is 0 Å². The van der Waals surface area contributed by atoms with Gasteiger partial charge in [-0.15, -0.1) is 0 Å². The number of halogens is 2. The van der Waals surface area contributed by atoms with Gasteiger partial charge in [-0.25, -0.2) is 4.39 Å². The molecule has 2 aromatic rings. The van der Waals surface area contributed by atoms with Crippen LogP contribution in [0.5, 0.6) is 0 Å². The van der Waals surface area contributed by atoms with Crippen LogP contribution in [0.2, 0.25) is 0 Å². The topological polar surface area (TPSA) is 12.0 Å². The summed E-state index contributed by atoms with van der Waals surface area (Å²) in [5.41, 5.74) is 1.28. The molecule has 1 nitrogen and oxygen atoms in total. The van der Waals surface area contributed by atoms with Crippen molar-refractivity contribution in [3.8, 4) is 0 Å². The molecule has 0 amide bonds. The van der Waals surface area contributed by atoms with Gasteiger partial charge in [0.1, 0.15) is 5.82 Å². The van der Waals surface area contributed by atoms with Crippen molar-refractivity contribution in [2.75, 3.05) is 0 Å². The fourth-order valence-corrected chi connectivity index (χ4v) is 3.44. The molecular weight excluding hydrogens is 337 g/mol. The third kappa shape index (κ3) is 3.84. The zero-order valence-electron chi connectivity index (χ0n) is 10.9. The molecule has 0 unspecified atom stereocenters. The van der Waals surface area contributed by atoms with Gasteiger partial charge in [0.15, 0.2) is 0 Å². The Labute approximate surface area is 131 Å². The molecule has 0 aromatic heterocycles. The number of nitrogens with one attached hydrogen (secondary N) is 1. The first-order valence-corrected chi connectivity index (χ1v) is 8.27. The van der Waals surface area contributed by atoms with E-state index in [2.05, 4.69) is 39.4 Å². The summed E-state index contributed by atoms with van der Waals surface area (Å²) in [5.74, 6) is -0.197. The van der Waals surface area contributed by atoms with E-state index in [0.29, 0.717) is 0 Å². The molecule has 20 heavy (non-hydrogen) atoms. The van der Waals surface area contributed by atoms with Crippen molar-refractivity contribution in [2.24, 2.45) is 0 Å². The highest BCUT2D eigenvalue weighted by Gasteiger charge is 2.20. The monoisotopic (exact) mass is 351 g/mol. The maximum absolute atomic E-state index is 12.9. The molecule has 104 valence electrons. The molecule has 0 radical (unpaired) electrons. The van der Waals surface area contributed by atoms with Gasteiger partial charge in [0.2, 0.25) is 0 Å². The largest absolute Gasteiger partial charge is 0.310 e. The smallest absolute Gasteiger partial charge is 0.123 e. The van der Waals surface area contributed by atoms with E-state index in [-0.39, 0.29) is 5.82 Å². The minimum absolute atomic E-state index is 0.197. The number of benzene rings is 2. The van der Waals surface area contributed by atoms with Crippen LogP contribution in [0, 0.1) is 5.82 Å². The maximum Gasteiger partial charge on any atom is 0.123 e. The summed E-state index contributed by atoms with van der Waals surface area (Å²) in [6.07, 6.45) is 2.60. The van der Waals surface area contributed by atoms with Crippen LogP contribution in [0.1, 0.15) is 18.4 Å². The highest BCUT2D eigenvalue weighted by atomic mass is 79.9. The molecule has 0 saturated heterocycles. The van der Waals surface area contributed by atoms with Gasteiger partial charge in [0.05, 0.1) is 0 Å². The predicted molar refractivity (Wildman–Crippen MR) is 84.5 cm³/mol. The van der Waals surface area contributed by atoms with Crippen molar-refractivity contribution >= 4 is 27.7 Å². The quantitative estimate of drug-likeness (QED) is 0.814. The molecule has 3 rings (SSSR count). The first-order valence-electron chi connectivity index (χ1n) is 6.66. The second kappa shape index (κ2) is 6.29. The normalized spacial score (nSPS) is 14.5. The Hall–Kier alpha value is -0.840. The van der Waals surface area contributed by atoms with Crippen molar-refractivity contribution in [1.82, 2.24) is 5.32 Å². The van der Waals surface area contributed by atoms with Crippen LogP contribution in [-0.4, -0.2) is 6.04 Å². The van der Waals surface area contributed by atoms with Crippen LogP contribution in [0.4, 0.5) is 4.39 Å². The number of hydrogen-bond donors (Lipinski definition) is 1. The van der Waals surface area contributed by atoms with E-state index in [1.807, 2.05) is 0 Å². The molecular formula is C16H15BrFNS. The summed E-state index contributed by atoms with van der Waals surface area (Å²) in [5, 5.41) is 3.51. The molecule has 0 aliphatic heterocycles. The lowest BCUT2D eigenvalue weighted by molar-refractivity contribution is 0.626. The Morgan fingerprint density at radius 2 is 1.80 bits per heavy atom.